The van der Waals surface area contributed by atoms with Gasteiger partial charge >= 0.3 is 0 Å². The van der Waals surface area contributed by atoms with Crippen molar-refractivity contribution in [1.82, 2.24) is 0 Å². The minimum absolute atomic E-state index is 1.18. The molecule has 0 radical (unpaired) electrons. The van der Waals surface area contributed by atoms with Gasteiger partial charge in [0.05, 0.1) is 0 Å². The van der Waals surface area contributed by atoms with Gasteiger partial charge in [0.25, 0.3) is 0 Å². The first kappa shape index (κ1) is 7.59. The van der Waals surface area contributed by atoms with Crippen LogP contribution in [0.3, 0.4) is 0 Å². The Hall–Kier alpha value is -0.520. The van der Waals surface area contributed by atoms with Crippen molar-refractivity contribution < 1.29 is 0 Å². The molecule has 0 spiro atoms. The summed E-state index contributed by atoms with van der Waals surface area (Å²) in [7, 11) is 0. The van der Waals surface area contributed by atoms with Crippen LogP contribution in [0.1, 0.15) is 40.0 Å². The molecule has 10 heavy (non-hydrogen) atoms. The highest BCUT2D eigenvalue weighted by molar-refractivity contribution is 5.46. The maximum absolute atomic E-state index is 2.34. The Kier molecular flexibility index (Phi) is 2.31. The van der Waals surface area contributed by atoms with E-state index < -0.39 is 0 Å². The average Bonchev–Trinajstić information content (AvgIpc) is 1.96. The van der Waals surface area contributed by atoms with Crippen molar-refractivity contribution in [2.75, 3.05) is 0 Å². The van der Waals surface area contributed by atoms with Crippen LogP contribution in [0, 0.1) is 0 Å². The van der Waals surface area contributed by atoms with Crippen LogP contribution in [-0.4, -0.2) is 0 Å². The maximum atomic E-state index is 2.34. The van der Waals surface area contributed by atoms with Gasteiger partial charge in [-0.3, -0.25) is 0 Å². The van der Waals surface area contributed by atoms with Crippen molar-refractivity contribution in [1.29, 1.82) is 0 Å². The van der Waals surface area contributed by atoms with E-state index in [0.29, 0.717) is 0 Å². The Bertz CT molecular complexity index is 182. The molecule has 0 saturated heterocycles. The third-order valence-electron chi connectivity index (χ3n) is 2.29. The number of hydrogen-bond acceptors (Lipinski definition) is 0. The predicted molar refractivity (Wildman–Crippen MR) is 46.0 cm³/mol. The summed E-state index contributed by atoms with van der Waals surface area (Å²) < 4.78 is 0. The fourth-order valence-corrected chi connectivity index (χ4v) is 1.48. The maximum Gasteiger partial charge on any atom is -0.00619 e. The van der Waals surface area contributed by atoms with E-state index in [4.69, 9.17) is 0 Å². The van der Waals surface area contributed by atoms with E-state index in [2.05, 4.69) is 26.8 Å². The van der Waals surface area contributed by atoms with E-state index in [0.717, 1.165) is 0 Å². The van der Waals surface area contributed by atoms with Crippen molar-refractivity contribution in [2.45, 2.75) is 40.0 Å². The van der Waals surface area contributed by atoms with Crippen molar-refractivity contribution in [2.24, 2.45) is 0 Å². The summed E-state index contributed by atoms with van der Waals surface area (Å²) >= 11 is 0. The minimum Gasteiger partial charge on any atom is -0.0810 e. The predicted octanol–water partition coefficient (Wildman–Crippen LogP) is 3.45. The van der Waals surface area contributed by atoms with Crippen molar-refractivity contribution >= 4 is 0 Å². The molecule has 0 N–H and O–H groups in total. The summed E-state index contributed by atoms with van der Waals surface area (Å²) in [5, 5.41) is 0. The zero-order valence-corrected chi connectivity index (χ0v) is 7.20. The summed E-state index contributed by atoms with van der Waals surface area (Å²) in [4.78, 5) is 0. The molecule has 1 aliphatic rings. The second-order valence-electron chi connectivity index (χ2n) is 2.90. The van der Waals surface area contributed by atoms with Gasteiger partial charge in [0, 0.05) is 0 Å². The molecule has 0 amide bonds. The fourth-order valence-electron chi connectivity index (χ4n) is 1.48. The van der Waals surface area contributed by atoms with Crippen LogP contribution >= 0.6 is 0 Å². The summed E-state index contributed by atoms with van der Waals surface area (Å²) in [6.07, 6.45) is 6.03. The van der Waals surface area contributed by atoms with Gasteiger partial charge in [0.2, 0.25) is 0 Å². The molecule has 0 aromatic rings. The average molecular weight is 136 g/mol. The van der Waals surface area contributed by atoms with Crippen molar-refractivity contribution in [3.05, 3.63) is 22.8 Å². The Balaban J connectivity index is 2.63. The van der Waals surface area contributed by atoms with Crippen LogP contribution in [0.15, 0.2) is 22.8 Å². The summed E-state index contributed by atoms with van der Waals surface area (Å²) in [5.74, 6) is 0. The highest BCUT2D eigenvalue weighted by Crippen LogP contribution is 2.35. The minimum atomic E-state index is 1.18. The highest BCUT2D eigenvalue weighted by atomic mass is 14.2. The summed E-state index contributed by atoms with van der Waals surface area (Å²) in [6, 6.07) is 0. The lowest BCUT2D eigenvalue weighted by molar-refractivity contribution is 0.883. The van der Waals surface area contributed by atoms with E-state index in [-0.39, 0.29) is 0 Å². The second-order valence-corrected chi connectivity index (χ2v) is 2.90. The van der Waals surface area contributed by atoms with E-state index in [1.165, 1.54) is 19.3 Å². The van der Waals surface area contributed by atoms with Crippen LogP contribution in [0.5, 0.6) is 0 Å². The number of hydrogen-bond donors (Lipinski definition) is 0. The van der Waals surface area contributed by atoms with E-state index in [1.807, 2.05) is 0 Å². The zero-order chi connectivity index (χ0) is 7.56. The second kappa shape index (κ2) is 3.05. The van der Waals surface area contributed by atoms with E-state index >= 15 is 0 Å². The van der Waals surface area contributed by atoms with Gasteiger partial charge < -0.3 is 0 Å². The molecule has 1 rings (SSSR count). The van der Waals surface area contributed by atoms with Crippen LogP contribution in [0.2, 0.25) is 0 Å². The molecule has 0 heterocycles. The van der Waals surface area contributed by atoms with E-state index in [1.54, 1.807) is 16.7 Å². The van der Waals surface area contributed by atoms with Gasteiger partial charge in [-0.25, -0.2) is 0 Å². The molecule has 0 nitrogen and oxygen atoms in total. The fraction of sp³-hybridized carbons (Fsp3) is 0.600. The monoisotopic (exact) mass is 136 g/mol. The van der Waals surface area contributed by atoms with Gasteiger partial charge in [0.1, 0.15) is 0 Å². The molecule has 0 saturated carbocycles. The third-order valence-corrected chi connectivity index (χ3v) is 2.29. The van der Waals surface area contributed by atoms with Crippen molar-refractivity contribution in [3.8, 4) is 0 Å². The summed E-state index contributed by atoms with van der Waals surface area (Å²) in [6.45, 7) is 6.68. The smallest absolute Gasteiger partial charge is 0.00619 e. The Morgan fingerprint density at radius 1 is 1.40 bits per heavy atom. The van der Waals surface area contributed by atoms with Crippen LogP contribution in [0.25, 0.3) is 0 Å². The Labute approximate surface area is 63.6 Å². The number of rotatable bonds is 2. The lowest BCUT2D eigenvalue weighted by Crippen LogP contribution is -2.04. The topological polar surface area (TPSA) is 0 Å². The van der Waals surface area contributed by atoms with Gasteiger partial charge in [-0.1, -0.05) is 25.5 Å². The molecule has 0 heteroatoms. The van der Waals surface area contributed by atoms with Crippen LogP contribution in [-0.2, 0) is 0 Å². The molecular weight excluding hydrogens is 120 g/mol. The van der Waals surface area contributed by atoms with Crippen molar-refractivity contribution in [3.63, 3.8) is 0 Å². The van der Waals surface area contributed by atoms with Gasteiger partial charge in [0.15, 0.2) is 0 Å². The Morgan fingerprint density at radius 2 is 2.10 bits per heavy atom. The molecule has 0 aliphatic heterocycles. The molecule has 0 bridgehead atoms. The molecule has 0 aromatic carbocycles. The quantitative estimate of drug-likeness (QED) is 0.545. The molecule has 0 aromatic heterocycles. The lowest BCUT2D eigenvalue weighted by atomic mass is 9.82. The van der Waals surface area contributed by atoms with Gasteiger partial charge in [-0.2, -0.15) is 0 Å². The first-order valence-corrected chi connectivity index (χ1v) is 4.17. The standard InChI is InChI=1S/C10H16/c1-4-6-10-7-9(5-2)8(10)3/h6H,4-5,7H2,1-3H3/b10-6+. The first-order valence-electron chi connectivity index (χ1n) is 4.17. The number of allylic oxidation sites excluding steroid dienone is 4. The molecule has 1 aliphatic carbocycles. The van der Waals surface area contributed by atoms with Gasteiger partial charge in [-0.15, -0.1) is 0 Å². The van der Waals surface area contributed by atoms with E-state index in [9.17, 15) is 0 Å². The molecule has 56 valence electrons. The largest absolute Gasteiger partial charge is 0.0810 e. The molecule has 0 fully saturated rings. The Morgan fingerprint density at radius 3 is 2.50 bits per heavy atom. The first-order chi connectivity index (χ1) is 4.79. The van der Waals surface area contributed by atoms with Crippen LogP contribution in [0.4, 0.5) is 0 Å². The van der Waals surface area contributed by atoms with Crippen LogP contribution < -0.4 is 0 Å². The molecule has 0 unspecified atom stereocenters. The third kappa shape index (κ3) is 1.16. The normalized spacial score (nSPS) is 21.7. The lowest BCUT2D eigenvalue weighted by Gasteiger charge is -2.24. The zero-order valence-electron chi connectivity index (χ0n) is 7.20. The van der Waals surface area contributed by atoms with Gasteiger partial charge in [-0.05, 0) is 37.3 Å². The molecular formula is C10H16. The highest BCUT2D eigenvalue weighted by Gasteiger charge is 2.15. The SMILES string of the molecule is CC/C=C1\CC(CC)=C1C. The summed E-state index contributed by atoms with van der Waals surface area (Å²) in [5.41, 5.74) is 4.79. The molecule has 0 atom stereocenters.